The van der Waals surface area contributed by atoms with Crippen LogP contribution >= 0.6 is 0 Å². The lowest BCUT2D eigenvalue weighted by Crippen LogP contribution is -2.42. The van der Waals surface area contributed by atoms with E-state index in [2.05, 4.69) is 4.74 Å². The van der Waals surface area contributed by atoms with Crippen LogP contribution in [-0.2, 0) is 20.0 Å². The zero-order chi connectivity index (χ0) is 12.5. The summed E-state index contributed by atoms with van der Waals surface area (Å²) in [6.07, 6.45) is 2.56. The first-order chi connectivity index (χ1) is 8.10. The molecule has 4 heteroatoms. The highest BCUT2D eigenvalue weighted by molar-refractivity contribution is 6.16. The summed E-state index contributed by atoms with van der Waals surface area (Å²) in [6.45, 7) is 1.60. The Morgan fingerprint density at radius 3 is 2.76 bits per heavy atom. The average molecular weight is 234 g/mol. The molecule has 88 valence electrons. The Hall–Kier alpha value is -1.97. The third kappa shape index (κ3) is 1.65. The van der Waals surface area contributed by atoms with E-state index < -0.39 is 17.4 Å². The fourth-order valence-electron chi connectivity index (χ4n) is 1.81. The van der Waals surface area contributed by atoms with Crippen molar-refractivity contribution in [1.29, 1.82) is 0 Å². The van der Waals surface area contributed by atoms with Crippen LogP contribution in [0.25, 0.3) is 6.08 Å². The summed E-state index contributed by atoms with van der Waals surface area (Å²) >= 11 is 0. The van der Waals surface area contributed by atoms with Gasteiger partial charge in [-0.1, -0.05) is 30.3 Å². The maximum absolute atomic E-state index is 14.7. The van der Waals surface area contributed by atoms with Crippen LogP contribution in [0.3, 0.4) is 0 Å². The number of hydrogen-bond acceptors (Lipinski definition) is 3. The van der Waals surface area contributed by atoms with Crippen molar-refractivity contribution in [3.63, 3.8) is 0 Å². The standard InChI is InChI=1S/C13H11FO3/c1-2-17-12(16)13(14)10-6-4-3-5-9(10)7-8-11(13)15/h3-8H,2H2,1H3. The van der Waals surface area contributed by atoms with Crippen LogP contribution in [0, 0.1) is 0 Å². The number of carbonyl (C=O) groups is 2. The van der Waals surface area contributed by atoms with Crippen LogP contribution in [0.1, 0.15) is 18.1 Å². The highest BCUT2D eigenvalue weighted by Crippen LogP contribution is 2.35. The average Bonchev–Trinajstić information content (AvgIpc) is 2.34. The molecule has 2 rings (SSSR count). The van der Waals surface area contributed by atoms with E-state index in [-0.39, 0.29) is 12.2 Å². The molecule has 0 amide bonds. The molecule has 0 aliphatic heterocycles. The summed E-state index contributed by atoms with van der Waals surface area (Å²) in [7, 11) is 0. The number of fused-ring (bicyclic) bond motifs is 1. The Kier molecular flexibility index (Phi) is 2.79. The molecular weight excluding hydrogens is 223 g/mol. The second kappa shape index (κ2) is 4.13. The molecule has 0 N–H and O–H groups in total. The van der Waals surface area contributed by atoms with Crippen molar-refractivity contribution in [1.82, 2.24) is 0 Å². The van der Waals surface area contributed by atoms with Gasteiger partial charge in [0.1, 0.15) is 0 Å². The molecular formula is C13H11FO3. The van der Waals surface area contributed by atoms with E-state index in [4.69, 9.17) is 0 Å². The molecule has 1 atom stereocenters. The van der Waals surface area contributed by atoms with E-state index in [1.807, 2.05) is 0 Å². The first kappa shape index (κ1) is 11.5. The van der Waals surface area contributed by atoms with Crippen LogP contribution < -0.4 is 0 Å². The predicted molar refractivity (Wildman–Crippen MR) is 59.9 cm³/mol. The molecule has 0 spiro atoms. The van der Waals surface area contributed by atoms with E-state index in [9.17, 15) is 14.0 Å². The van der Waals surface area contributed by atoms with Crippen LogP contribution in [0.4, 0.5) is 4.39 Å². The van der Waals surface area contributed by atoms with Crippen LogP contribution in [-0.4, -0.2) is 18.4 Å². The summed E-state index contributed by atoms with van der Waals surface area (Å²) in [4.78, 5) is 23.3. The Morgan fingerprint density at radius 2 is 2.06 bits per heavy atom. The van der Waals surface area contributed by atoms with Gasteiger partial charge in [0.25, 0.3) is 5.67 Å². The van der Waals surface area contributed by atoms with Gasteiger partial charge < -0.3 is 4.74 Å². The van der Waals surface area contributed by atoms with Gasteiger partial charge in [-0.15, -0.1) is 0 Å². The smallest absolute Gasteiger partial charge is 0.356 e. The topological polar surface area (TPSA) is 43.4 Å². The number of allylic oxidation sites excluding steroid dienone is 1. The number of benzene rings is 1. The maximum atomic E-state index is 14.7. The number of carbonyl (C=O) groups excluding carboxylic acids is 2. The minimum atomic E-state index is -2.71. The number of hydrogen-bond donors (Lipinski definition) is 0. The van der Waals surface area contributed by atoms with Crippen LogP contribution in [0.5, 0.6) is 0 Å². The Labute approximate surface area is 97.9 Å². The van der Waals surface area contributed by atoms with Crippen molar-refractivity contribution in [2.24, 2.45) is 0 Å². The van der Waals surface area contributed by atoms with Gasteiger partial charge in [0.15, 0.2) is 0 Å². The van der Waals surface area contributed by atoms with Gasteiger partial charge in [0.2, 0.25) is 5.78 Å². The molecule has 1 aromatic carbocycles. The molecule has 0 fully saturated rings. The van der Waals surface area contributed by atoms with Gasteiger partial charge in [-0.2, -0.15) is 0 Å². The highest BCUT2D eigenvalue weighted by atomic mass is 19.1. The molecule has 0 bridgehead atoms. The summed E-state index contributed by atoms with van der Waals surface area (Å²) in [6, 6.07) is 6.36. The monoisotopic (exact) mass is 234 g/mol. The minimum absolute atomic E-state index is 0.0314. The molecule has 0 aromatic heterocycles. The molecule has 3 nitrogen and oxygen atoms in total. The van der Waals surface area contributed by atoms with Crippen LogP contribution in [0.15, 0.2) is 30.3 Å². The zero-order valence-electron chi connectivity index (χ0n) is 9.27. The van der Waals surface area contributed by atoms with Gasteiger partial charge in [-0.25, -0.2) is 9.18 Å². The summed E-state index contributed by atoms with van der Waals surface area (Å²) in [5.74, 6) is -2.04. The number of ketones is 1. The van der Waals surface area contributed by atoms with E-state index in [1.165, 1.54) is 12.1 Å². The molecule has 1 aliphatic carbocycles. The maximum Gasteiger partial charge on any atom is 0.356 e. The predicted octanol–water partition coefficient (Wildman–Crippen LogP) is 2.01. The number of esters is 1. The van der Waals surface area contributed by atoms with Gasteiger partial charge in [-0.3, -0.25) is 4.79 Å². The van der Waals surface area contributed by atoms with Crippen molar-refractivity contribution in [3.8, 4) is 0 Å². The first-order valence-electron chi connectivity index (χ1n) is 5.29. The third-order valence-corrected chi connectivity index (χ3v) is 2.64. The van der Waals surface area contributed by atoms with Gasteiger partial charge in [0.05, 0.1) is 6.61 Å². The van der Waals surface area contributed by atoms with E-state index in [0.29, 0.717) is 5.56 Å². The lowest BCUT2D eigenvalue weighted by atomic mass is 9.83. The highest BCUT2D eigenvalue weighted by Gasteiger charge is 2.50. The number of ether oxygens (including phenoxy) is 1. The first-order valence-corrected chi connectivity index (χ1v) is 5.29. The normalized spacial score (nSPS) is 22.1. The minimum Gasteiger partial charge on any atom is -0.463 e. The molecule has 0 saturated carbocycles. The van der Waals surface area contributed by atoms with Gasteiger partial charge in [0, 0.05) is 5.56 Å². The van der Waals surface area contributed by atoms with Gasteiger partial charge >= 0.3 is 5.97 Å². The Balaban J connectivity index is 2.56. The summed E-state index contributed by atoms with van der Waals surface area (Å²) < 4.78 is 19.3. The fraction of sp³-hybridized carbons (Fsp3) is 0.231. The van der Waals surface area contributed by atoms with Crippen LogP contribution in [0.2, 0.25) is 0 Å². The largest absolute Gasteiger partial charge is 0.463 e. The second-order valence-electron chi connectivity index (χ2n) is 3.66. The quantitative estimate of drug-likeness (QED) is 0.580. The van der Waals surface area contributed by atoms with E-state index >= 15 is 0 Å². The molecule has 1 unspecified atom stereocenters. The third-order valence-electron chi connectivity index (χ3n) is 2.64. The molecule has 1 aliphatic rings. The number of rotatable bonds is 2. The molecule has 0 radical (unpaired) electrons. The van der Waals surface area contributed by atoms with E-state index in [1.54, 1.807) is 25.1 Å². The zero-order valence-corrected chi connectivity index (χ0v) is 9.27. The van der Waals surface area contributed by atoms with Crippen molar-refractivity contribution in [2.45, 2.75) is 12.6 Å². The van der Waals surface area contributed by atoms with E-state index in [0.717, 1.165) is 6.08 Å². The molecule has 0 saturated heterocycles. The van der Waals surface area contributed by atoms with Crippen molar-refractivity contribution in [2.75, 3.05) is 6.61 Å². The van der Waals surface area contributed by atoms with Crippen molar-refractivity contribution in [3.05, 3.63) is 41.5 Å². The SMILES string of the molecule is CCOC(=O)C1(F)C(=O)C=Cc2ccccc21. The number of halogens is 1. The number of alkyl halides is 1. The lowest BCUT2D eigenvalue weighted by molar-refractivity contribution is -0.161. The van der Waals surface area contributed by atoms with Gasteiger partial charge in [-0.05, 0) is 18.6 Å². The molecule has 0 heterocycles. The Bertz CT molecular complexity index is 507. The van der Waals surface area contributed by atoms with Crippen molar-refractivity contribution < 1.29 is 18.7 Å². The summed E-state index contributed by atoms with van der Waals surface area (Å²) in [5, 5.41) is 0. The van der Waals surface area contributed by atoms with Crippen molar-refractivity contribution >= 4 is 17.8 Å². The fourth-order valence-corrected chi connectivity index (χ4v) is 1.81. The Morgan fingerprint density at radius 1 is 1.35 bits per heavy atom. The molecule has 17 heavy (non-hydrogen) atoms. The summed E-state index contributed by atoms with van der Waals surface area (Å²) in [5.41, 5.74) is -2.14. The lowest BCUT2D eigenvalue weighted by Gasteiger charge is -2.25. The second-order valence-corrected chi connectivity index (χ2v) is 3.66. The molecule has 1 aromatic rings.